The molecule has 37 heavy (non-hydrogen) atoms. The third-order valence-electron chi connectivity index (χ3n) is 5.91. The highest BCUT2D eigenvalue weighted by Gasteiger charge is 2.35. The smallest absolute Gasteiger partial charge is 0.308 e. The summed E-state index contributed by atoms with van der Waals surface area (Å²) < 4.78 is 33.5. The number of aromatic nitrogens is 4. The number of sulfonamides is 1. The number of H-pyrrole nitrogens is 1. The molecule has 1 amide bonds. The van der Waals surface area contributed by atoms with Crippen LogP contribution in [0.3, 0.4) is 0 Å². The van der Waals surface area contributed by atoms with E-state index in [0.717, 1.165) is 11.1 Å². The van der Waals surface area contributed by atoms with E-state index in [1.54, 1.807) is 36.9 Å². The van der Waals surface area contributed by atoms with Crippen LogP contribution in [0.15, 0.2) is 60.1 Å². The third kappa shape index (κ3) is 4.90. The van der Waals surface area contributed by atoms with Crippen molar-refractivity contribution < 1.29 is 22.7 Å². The lowest BCUT2D eigenvalue weighted by Gasteiger charge is -2.33. The first kappa shape index (κ1) is 24.8. The predicted molar refractivity (Wildman–Crippen MR) is 135 cm³/mol. The second-order valence-corrected chi connectivity index (χ2v) is 10.6. The number of nitrogens with one attached hydrogen (secondary N) is 1. The van der Waals surface area contributed by atoms with E-state index < -0.39 is 16.0 Å². The van der Waals surface area contributed by atoms with Gasteiger partial charge in [-0.05, 0) is 35.9 Å². The number of aromatic amines is 1. The van der Waals surface area contributed by atoms with Crippen LogP contribution < -0.4 is 4.74 Å². The van der Waals surface area contributed by atoms with Crippen LogP contribution >= 0.6 is 11.6 Å². The van der Waals surface area contributed by atoms with Gasteiger partial charge in [-0.15, -0.1) is 0 Å². The molecule has 1 aromatic carbocycles. The predicted octanol–water partition coefficient (Wildman–Crippen LogP) is 2.75. The molecular formula is C24H21ClN6O5S. The maximum Gasteiger partial charge on any atom is 0.308 e. The summed E-state index contributed by atoms with van der Waals surface area (Å²) in [5.41, 5.74) is 2.08. The van der Waals surface area contributed by atoms with Gasteiger partial charge in [0.1, 0.15) is 0 Å². The standard InChI is InChI=1S/C24H21ClN6O5S/c1-15(32)36-21-19-12-18(25)2-3-20(19)29-23(21)37(34,35)31-10-8-30(9-11-31)24(33)22-27-13-17(14-28-22)16-4-6-26-7-5-16/h2-7,12-14,29H,8-11H2,1H3. The lowest BCUT2D eigenvalue weighted by Crippen LogP contribution is -2.50. The molecule has 0 unspecified atom stereocenters. The first-order chi connectivity index (χ1) is 17.7. The zero-order valence-corrected chi connectivity index (χ0v) is 21.2. The zero-order valence-electron chi connectivity index (χ0n) is 19.6. The monoisotopic (exact) mass is 540 g/mol. The Hall–Kier alpha value is -3.87. The number of hydrogen-bond donors (Lipinski definition) is 1. The lowest BCUT2D eigenvalue weighted by molar-refractivity contribution is -0.131. The first-order valence-corrected chi connectivity index (χ1v) is 13.1. The van der Waals surface area contributed by atoms with Gasteiger partial charge >= 0.3 is 5.97 Å². The fraction of sp³-hybridized carbons (Fsp3) is 0.208. The number of hydrogen-bond acceptors (Lipinski definition) is 8. The second kappa shape index (κ2) is 9.88. The molecule has 1 aliphatic rings. The van der Waals surface area contributed by atoms with Gasteiger partial charge in [-0.2, -0.15) is 4.31 Å². The van der Waals surface area contributed by atoms with Gasteiger partial charge in [0.15, 0.2) is 10.8 Å². The maximum atomic E-state index is 13.5. The van der Waals surface area contributed by atoms with Crippen molar-refractivity contribution in [3.63, 3.8) is 0 Å². The summed E-state index contributed by atoms with van der Waals surface area (Å²) in [5.74, 6) is -1.13. The van der Waals surface area contributed by atoms with E-state index in [9.17, 15) is 18.0 Å². The van der Waals surface area contributed by atoms with Crippen LogP contribution in [0.5, 0.6) is 5.75 Å². The SMILES string of the molecule is CC(=O)Oc1c(S(=O)(=O)N2CCN(C(=O)c3ncc(-c4ccncc4)cn3)CC2)[nH]c2ccc(Cl)cc12. The molecule has 11 nitrogen and oxygen atoms in total. The summed E-state index contributed by atoms with van der Waals surface area (Å²) >= 11 is 6.07. The molecule has 4 aromatic rings. The molecule has 1 aliphatic heterocycles. The number of carbonyl (C=O) groups is 2. The molecule has 5 rings (SSSR count). The molecule has 0 atom stereocenters. The van der Waals surface area contributed by atoms with Crippen LogP contribution in [-0.4, -0.2) is 75.6 Å². The van der Waals surface area contributed by atoms with Gasteiger partial charge in [0, 0.05) is 73.9 Å². The van der Waals surface area contributed by atoms with Crippen molar-refractivity contribution in [2.24, 2.45) is 0 Å². The summed E-state index contributed by atoms with van der Waals surface area (Å²) in [4.78, 5) is 41.4. The van der Waals surface area contributed by atoms with Crippen molar-refractivity contribution in [3.05, 3.63) is 66.0 Å². The Balaban J connectivity index is 1.32. The molecular weight excluding hydrogens is 520 g/mol. The highest BCUT2D eigenvalue weighted by Crippen LogP contribution is 2.36. The van der Waals surface area contributed by atoms with Crippen LogP contribution in [0, 0.1) is 0 Å². The first-order valence-electron chi connectivity index (χ1n) is 11.3. The summed E-state index contributed by atoms with van der Waals surface area (Å²) in [7, 11) is -4.08. The van der Waals surface area contributed by atoms with Crippen LogP contribution in [0.25, 0.3) is 22.0 Å². The number of halogens is 1. The van der Waals surface area contributed by atoms with Gasteiger partial charge in [-0.1, -0.05) is 11.6 Å². The van der Waals surface area contributed by atoms with Crippen LogP contribution in [0.2, 0.25) is 5.02 Å². The van der Waals surface area contributed by atoms with Gasteiger partial charge in [-0.3, -0.25) is 14.6 Å². The van der Waals surface area contributed by atoms with Crippen LogP contribution in [-0.2, 0) is 14.8 Å². The van der Waals surface area contributed by atoms with Gasteiger partial charge in [0.2, 0.25) is 5.82 Å². The Bertz CT molecular complexity index is 1580. The fourth-order valence-corrected chi connectivity index (χ4v) is 5.77. The van der Waals surface area contributed by atoms with E-state index in [1.165, 1.54) is 22.2 Å². The van der Waals surface area contributed by atoms with E-state index >= 15 is 0 Å². The summed E-state index contributed by atoms with van der Waals surface area (Å²) in [6, 6.07) is 8.37. The minimum absolute atomic E-state index is 0.0266. The number of piperazine rings is 1. The van der Waals surface area contributed by atoms with Crippen molar-refractivity contribution in [1.29, 1.82) is 0 Å². The molecule has 0 spiro atoms. The summed E-state index contributed by atoms with van der Waals surface area (Å²) in [5, 5.41) is 0.504. The number of ether oxygens (including phenoxy) is 1. The van der Waals surface area contributed by atoms with E-state index in [4.69, 9.17) is 16.3 Å². The molecule has 3 aromatic heterocycles. The zero-order chi connectivity index (χ0) is 26.2. The van der Waals surface area contributed by atoms with Crippen molar-refractivity contribution >= 4 is 44.4 Å². The average Bonchev–Trinajstić information content (AvgIpc) is 3.26. The number of fused-ring (bicyclic) bond motifs is 1. The molecule has 1 N–H and O–H groups in total. The van der Waals surface area contributed by atoms with Crippen molar-refractivity contribution in [2.75, 3.05) is 26.2 Å². The summed E-state index contributed by atoms with van der Waals surface area (Å²) in [6.07, 6.45) is 6.44. The fourth-order valence-electron chi connectivity index (χ4n) is 4.08. The number of amides is 1. The molecule has 0 bridgehead atoms. The van der Waals surface area contributed by atoms with Crippen molar-refractivity contribution in [1.82, 2.24) is 29.1 Å². The van der Waals surface area contributed by atoms with Crippen LogP contribution in [0.1, 0.15) is 17.5 Å². The minimum Gasteiger partial charge on any atom is -0.423 e. The van der Waals surface area contributed by atoms with Gasteiger partial charge in [0.25, 0.3) is 15.9 Å². The number of carbonyl (C=O) groups excluding carboxylic acids is 2. The van der Waals surface area contributed by atoms with Crippen LogP contribution in [0.4, 0.5) is 0 Å². The van der Waals surface area contributed by atoms with Crippen molar-refractivity contribution in [3.8, 4) is 16.9 Å². The summed E-state index contributed by atoms with van der Waals surface area (Å²) in [6.45, 7) is 1.55. The van der Waals surface area contributed by atoms with E-state index in [1.807, 2.05) is 12.1 Å². The Labute approximate surface area is 217 Å². The number of benzene rings is 1. The largest absolute Gasteiger partial charge is 0.423 e. The molecule has 13 heteroatoms. The normalized spacial score (nSPS) is 14.6. The second-order valence-electron chi connectivity index (χ2n) is 8.29. The average molecular weight is 541 g/mol. The topological polar surface area (TPSA) is 138 Å². The number of rotatable bonds is 5. The minimum atomic E-state index is -4.08. The molecule has 4 heterocycles. The maximum absolute atomic E-state index is 13.5. The third-order valence-corrected chi connectivity index (χ3v) is 7.99. The Morgan fingerprint density at radius 2 is 1.68 bits per heavy atom. The van der Waals surface area contributed by atoms with E-state index in [0.29, 0.717) is 15.9 Å². The highest BCUT2D eigenvalue weighted by atomic mass is 35.5. The number of esters is 1. The van der Waals surface area contributed by atoms with Gasteiger partial charge < -0.3 is 14.6 Å². The molecule has 0 radical (unpaired) electrons. The van der Waals surface area contributed by atoms with Crippen molar-refractivity contribution in [2.45, 2.75) is 11.9 Å². The molecule has 0 aliphatic carbocycles. The van der Waals surface area contributed by atoms with E-state index in [2.05, 4.69) is 19.9 Å². The number of pyridine rings is 1. The Morgan fingerprint density at radius 1 is 1.00 bits per heavy atom. The van der Waals surface area contributed by atoms with Gasteiger partial charge in [-0.25, -0.2) is 18.4 Å². The Kier molecular flexibility index (Phi) is 6.63. The molecule has 190 valence electrons. The highest BCUT2D eigenvalue weighted by molar-refractivity contribution is 7.89. The lowest BCUT2D eigenvalue weighted by atomic mass is 10.1. The quantitative estimate of drug-likeness (QED) is 0.381. The Morgan fingerprint density at radius 3 is 2.32 bits per heavy atom. The van der Waals surface area contributed by atoms with E-state index in [-0.39, 0.29) is 48.7 Å². The molecule has 1 fully saturated rings. The number of nitrogens with zero attached hydrogens (tertiary/aromatic N) is 5. The molecule has 1 saturated heterocycles. The molecule has 0 saturated carbocycles. The van der Waals surface area contributed by atoms with Gasteiger partial charge in [0.05, 0.1) is 5.52 Å².